The average molecular weight is 214 g/mol. The molecule has 1 aromatic heterocycles. The minimum Gasteiger partial charge on any atom is -0.345 e. The van der Waals surface area contributed by atoms with Gasteiger partial charge in [-0.3, -0.25) is 0 Å². The van der Waals surface area contributed by atoms with Crippen molar-refractivity contribution >= 4 is 16.7 Å². The summed E-state index contributed by atoms with van der Waals surface area (Å²) in [6.45, 7) is 8.80. The van der Waals surface area contributed by atoms with E-state index in [-0.39, 0.29) is 0 Å². The fourth-order valence-electron chi connectivity index (χ4n) is 1.28. The lowest BCUT2D eigenvalue weighted by Gasteiger charge is -2.22. The van der Waals surface area contributed by atoms with E-state index in [4.69, 9.17) is 5.73 Å². The van der Waals surface area contributed by atoms with Crippen LogP contribution in [0.4, 0.5) is 5.13 Å². The number of aryl methyl sites for hydroxylation is 1. The van der Waals surface area contributed by atoms with Crippen LogP contribution in [0.15, 0.2) is 0 Å². The van der Waals surface area contributed by atoms with E-state index in [2.05, 4.69) is 28.1 Å². The fraction of sp³-hybridized carbons (Fsp3) is 0.778. The molecular formula is C9H18N4S. The van der Waals surface area contributed by atoms with Gasteiger partial charge in [-0.15, -0.1) is 0 Å². The zero-order valence-corrected chi connectivity index (χ0v) is 9.84. The smallest absolute Gasteiger partial charge is 0.205 e. The molecule has 0 aliphatic carbocycles. The minimum atomic E-state index is 0.616. The lowest BCUT2D eigenvalue weighted by atomic mass is 10.2. The number of rotatable bonds is 5. The molecule has 0 spiro atoms. The molecule has 2 N–H and O–H groups in total. The molecule has 1 aromatic rings. The summed E-state index contributed by atoms with van der Waals surface area (Å²) in [7, 11) is 0. The monoisotopic (exact) mass is 214 g/mol. The Morgan fingerprint density at radius 3 is 2.64 bits per heavy atom. The lowest BCUT2D eigenvalue weighted by molar-refractivity contribution is 0.610. The molecule has 4 nitrogen and oxygen atoms in total. The SMILES string of the molecule is Cc1nsc(N(CCN)CC(C)C)n1. The van der Waals surface area contributed by atoms with Gasteiger partial charge in [0.1, 0.15) is 5.82 Å². The largest absolute Gasteiger partial charge is 0.345 e. The summed E-state index contributed by atoms with van der Waals surface area (Å²) in [4.78, 5) is 6.56. The van der Waals surface area contributed by atoms with Crippen LogP contribution in [0.5, 0.6) is 0 Å². The van der Waals surface area contributed by atoms with Crippen molar-refractivity contribution in [3.8, 4) is 0 Å². The van der Waals surface area contributed by atoms with Crippen LogP contribution in [-0.2, 0) is 0 Å². The molecule has 0 radical (unpaired) electrons. The zero-order valence-electron chi connectivity index (χ0n) is 9.03. The van der Waals surface area contributed by atoms with Crippen molar-refractivity contribution in [2.45, 2.75) is 20.8 Å². The highest BCUT2D eigenvalue weighted by molar-refractivity contribution is 7.09. The second-order valence-corrected chi connectivity index (χ2v) is 4.48. The first kappa shape index (κ1) is 11.4. The maximum atomic E-state index is 5.56. The van der Waals surface area contributed by atoms with E-state index in [9.17, 15) is 0 Å². The van der Waals surface area contributed by atoms with E-state index >= 15 is 0 Å². The second kappa shape index (κ2) is 5.26. The van der Waals surface area contributed by atoms with Crippen LogP contribution >= 0.6 is 11.5 Å². The first-order valence-electron chi connectivity index (χ1n) is 4.88. The molecule has 1 heterocycles. The Balaban J connectivity index is 2.66. The third-order valence-electron chi connectivity index (χ3n) is 1.77. The first-order chi connectivity index (χ1) is 6.63. The lowest BCUT2D eigenvalue weighted by Crippen LogP contribution is -2.32. The Labute approximate surface area is 89.3 Å². The van der Waals surface area contributed by atoms with Gasteiger partial charge in [0.25, 0.3) is 0 Å². The highest BCUT2D eigenvalue weighted by Gasteiger charge is 2.11. The van der Waals surface area contributed by atoms with Crippen LogP contribution in [0, 0.1) is 12.8 Å². The molecule has 0 unspecified atom stereocenters. The maximum Gasteiger partial charge on any atom is 0.205 e. The number of aromatic nitrogens is 2. The average Bonchev–Trinajstić information content (AvgIpc) is 2.50. The summed E-state index contributed by atoms with van der Waals surface area (Å²) in [5.74, 6) is 1.46. The van der Waals surface area contributed by atoms with Crippen molar-refractivity contribution < 1.29 is 0 Å². The third-order valence-corrected chi connectivity index (χ3v) is 2.64. The van der Waals surface area contributed by atoms with Gasteiger partial charge in [-0.25, -0.2) is 4.98 Å². The number of nitrogens with two attached hydrogens (primary N) is 1. The molecule has 0 aliphatic rings. The topological polar surface area (TPSA) is 55.0 Å². The molecule has 5 heteroatoms. The third kappa shape index (κ3) is 3.23. The molecular weight excluding hydrogens is 196 g/mol. The van der Waals surface area contributed by atoms with Crippen LogP contribution in [-0.4, -0.2) is 29.0 Å². The molecule has 0 aliphatic heterocycles. The summed E-state index contributed by atoms with van der Waals surface area (Å²) < 4.78 is 4.18. The van der Waals surface area contributed by atoms with Gasteiger partial charge in [0.15, 0.2) is 0 Å². The van der Waals surface area contributed by atoms with Crippen molar-refractivity contribution in [3.63, 3.8) is 0 Å². The Morgan fingerprint density at radius 2 is 2.21 bits per heavy atom. The summed E-state index contributed by atoms with van der Waals surface area (Å²) in [6, 6.07) is 0. The van der Waals surface area contributed by atoms with E-state index in [0.29, 0.717) is 12.5 Å². The van der Waals surface area contributed by atoms with Gasteiger partial charge < -0.3 is 10.6 Å². The quantitative estimate of drug-likeness (QED) is 0.802. The zero-order chi connectivity index (χ0) is 10.6. The van der Waals surface area contributed by atoms with E-state index in [0.717, 1.165) is 24.0 Å². The molecule has 14 heavy (non-hydrogen) atoms. The molecule has 80 valence electrons. The molecule has 0 atom stereocenters. The Morgan fingerprint density at radius 1 is 1.50 bits per heavy atom. The summed E-state index contributed by atoms with van der Waals surface area (Å²) in [5.41, 5.74) is 5.56. The number of hydrogen-bond donors (Lipinski definition) is 1. The standard InChI is InChI=1S/C9H18N4S/c1-7(2)6-13(5-4-10)9-11-8(3)12-14-9/h7H,4-6,10H2,1-3H3. The highest BCUT2D eigenvalue weighted by atomic mass is 32.1. The van der Waals surface area contributed by atoms with E-state index in [1.807, 2.05) is 6.92 Å². The van der Waals surface area contributed by atoms with Crippen molar-refractivity contribution in [2.75, 3.05) is 24.5 Å². The van der Waals surface area contributed by atoms with Crippen LogP contribution in [0.3, 0.4) is 0 Å². The Kier molecular flexibility index (Phi) is 4.28. The van der Waals surface area contributed by atoms with Gasteiger partial charge in [0.05, 0.1) is 0 Å². The van der Waals surface area contributed by atoms with E-state index in [1.165, 1.54) is 11.5 Å². The normalized spacial score (nSPS) is 10.9. The molecule has 0 saturated carbocycles. The summed E-state index contributed by atoms with van der Waals surface area (Å²) >= 11 is 1.45. The summed E-state index contributed by atoms with van der Waals surface area (Å²) in [5, 5.41) is 0.988. The second-order valence-electron chi connectivity index (χ2n) is 3.75. The predicted octanol–water partition coefficient (Wildman–Crippen LogP) is 1.27. The number of anilines is 1. The Bertz CT molecular complexity index is 272. The first-order valence-corrected chi connectivity index (χ1v) is 5.66. The molecule has 0 bridgehead atoms. The van der Waals surface area contributed by atoms with E-state index in [1.54, 1.807) is 0 Å². The molecule has 0 fully saturated rings. The van der Waals surface area contributed by atoms with Crippen molar-refractivity contribution in [1.82, 2.24) is 9.36 Å². The van der Waals surface area contributed by atoms with Crippen molar-refractivity contribution in [1.29, 1.82) is 0 Å². The van der Waals surface area contributed by atoms with Crippen LogP contribution in [0.25, 0.3) is 0 Å². The Hall–Kier alpha value is -0.680. The van der Waals surface area contributed by atoms with Crippen molar-refractivity contribution in [3.05, 3.63) is 5.82 Å². The highest BCUT2D eigenvalue weighted by Crippen LogP contribution is 2.17. The fourth-order valence-corrected chi connectivity index (χ4v) is 1.99. The van der Waals surface area contributed by atoms with Crippen molar-refractivity contribution in [2.24, 2.45) is 11.7 Å². The maximum absolute atomic E-state index is 5.56. The van der Waals surface area contributed by atoms with Gasteiger partial charge in [-0.05, 0) is 12.8 Å². The molecule has 1 rings (SSSR count). The van der Waals surface area contributed by atoms with E-state index < -0.39 is 0 Å². The summed E-state index contributed by atoms with van der Waals surface area (Å²) in [6.07, 6.45) is 0. The molecule has 0 aromatic carbocycles. The minimum absolute atomic E-state index is 0.616. The van der Waals surface area contributed by atoms with Crippen LogP contribution < -0.4 is 10.6 Å². The van der Waals surface area contributed by atoms with Gasteiger partial charge >= 0.3 is 0 Å². The number of hydrogen-bond acceptors (Lipinski definition) is 5. The van der Waals surface area contributed by atoms with Crippen LogP contribution in [0.2, 0.25) is 0 Å². The molecule has 0 amide bonds. The van der Waals surface area contributed by atoms with Crippen LogP contribution in [0.1, 0.15) is 19.7 Å². The van der Waals surface area contributed by atoms with Gasteiger partial charge in [0, 0.05) is 31.2 Å². The van der Waals surface area contributed by atoms with Gasteiger partial charge in [-0.1, -0.05) is 13.8 Å². The predicted molar refractivity (Wildman–Crippen MR) is 60.8 cm³/mol. The number of nitrogens with zero attached hydrogens (tertiary/aromatic N) is 3. The van der Waals surface area contributed by atoms with Gasteiger partial charge in [0.2, 0.25) is 5.13 Å². The van der Waals surface area contributed by atoms with Gasteiger partial charge in [-0.2, -0.15) is 4.37 Å². The molecule has 0 saturated heterocycles.